The number of carbonyl (C=O) groups is 2. The molecule has 3 heterocycles. The van der Waals surface area contributed by atoms with Crippen LogP contribution in [0.1, 0.15) is 23.7 Å². The van der Waals surface area contributed by atoms with Gasteiger partial charge in [-0.2, -0.15) is 0 Å². The number of pyridine rings is 1. The minimum atomic E-state index is -0.703. The number of imidazole rings is 1. The van der Waals surface area contributed by atoms with Crippen LogP contribution in [0.25, 0.3) is 11.0 Å². The Bertz CT molecular complexity index is 1330. The standard InChI is InChI=1S/C24H20ClN5O2/c1-15-9-10-18(17(25)12-15)27-22(31)13-21-23(32)29(14-16-6-4-5-11-26-16)24-28-19-7-2-3-8-20(19)30(21)24/h2-12,21H,13-14H2,1H3,(H,27,31)/t21-/m0/s1. The zero-order valence-corrected chi connectivity index (χ0v) is 18.1. The van der Waals surface area contributed by atoms with Gasteiger partial charge in [0.2, 0.25) is 11.9 Å². The molecule has 0 saturated heterocycles. The lowest BCUT2D eigenvalue weighted by Gasteiger charge is -2.16. The van der Waals surface area contributed by atoms with E-state index in [2.05, 4.69) is 15.3 Å². The number of rotatable bonds is 5. The summed E-state index contributed by atoms with van der Waals surface area (Å²) in [7, 11) is 0. The number of fused-ring (bicyclic) bond motifs is 3. The molecule has 5 rings (SSSR count). The predicted octanol–water partition coefficient (Wildman–Crippen LogP) is 4.51. The van der Waals surface area contributed by atoms with Gasteiger partial charge in [0.15, 0.2) is 0 Å². The van der Waals surface area contributed by atoms with Gasteiger partial charge in [-0.1, -0.05) is 35.9 Å². The van der Waals surface area contributed by atoms with Gasteiger partial charge in [0.05, 0.1) is 40.4 Å². The molecule has 1 aliphatic heterocycles. The largest absolute Gasteiger partial charge is 0.325 e. The SMILES string of the molecule is Cc1ccc(NC(=O)C[C@H]2C(=O)N(Cc3ccccn3)c3nc4ccccc4n32)c(Cl)c1. The first-order valence-electron chi connectivity index (χ1n) is 10.3. The van der Waals surface area contributed by atoms with Gasteiger partial charge < -0.3 is 5.32 Å². The molecule has 7 nitrogen and oxygen atoms in total. The van der Waals surface area contributed by atoms with Gasteiger partial charge in [0.25, 0.3) is 5.91 Å². The summed E-state index contributed by atoms with van der Waals surface area (Å²) < 4.78 is 1.84. The highest BCUT2D eigenvalue weighted by molar-refractivity contribution is 6.33. The number of hydrogen-bond donors (Lipinski definition) is 1. The maximum atomic E-state index is 13.4. The Balaban J connectivity index is 1.47. The van der Waals surface area contributed by atoms with Gasteiger partial charge in [-0.25, -0.2) is 4.98 Å². The van der Waals surface area contributed by atoms with Crippen molar-refractivity contribution >= 4 is 46.1 Å². The minimum absolute atomic E-state index is 0.0326. The predicted molar refractivity (Wildman–Crippen MR) is 124 cm³/mol. The van der Waals surface area contributed by atoms with E-state index in [1.54, 1.807) is 23.2 Å². The second-order valence-electron chi connectivity index (χ2n) is 7.77. The fourth-order valence-corrected chi connectivity index (χ4v) is 4.28. The van der Waals surface area contributed by atoms with Crippen LogP contribution < -0.4 is 10.2 Å². The highest BCUT2D eigenvalue weighted by Gasteiger charge is 2.41. The fraction of sp³-hybridized carbons (Fsp3) is 0.167. The lowest BCUT2D eigenvalue weighted by atomic mass is 10.1. The summed E-state index contributed by atoms with van der Waals surface area (Å²) in [5.41, 5.74) is 3.85. The Labute approximate surface area is 189 Å². The number of para-hydroxylation sites is 2. The first-order chi connectivity index (χ1) is 15.5. The third-order valence-electron chi connectivity index (χ3n) is 5.51. The third kappa shape index (κ3) is 3.61. The van der Waals surface area contributed by atoms with Gasteiger partial charge >= 0.3 is 0 Å². The summed E-state index contributed by atoms with van der Waals surface area (Å²) >= 11 is 6.26. The summed E-state index contributed by atoms with van der Waals surface area (Å²) in [5, 5.41) is 3.29. The van der Waals surface area contributed by atoms with E-state index in [1.807, 2.05) is 60.0 Å². The van der Waals surface area contributed by atoms with Crippen LogP contribution in [-0.4, -0.2) is 26.3 Å². The molecule has 0 aliphatic carbocycles. The number of anilines is 2. The van der Waals surface area contributed by atoms with Gasteiger partial charge in [-0.15, -0.1) is 0 Å². The maximum absolute atomic E-state index is 13.4. The van der Waals surface area contributed by atoms with Crippen molar-refractivity contribution in [2.24, 2.45) is 0 Å². The van der Waals surface area contributed by atoms with Crippen LogP contribution >= 0.6 is 11.6 Å². The number of aromatic nitrogens is 3. The zero-order valence-electron chi connectivity index (χ0n) is 17.3. The van der Waals surface area contributed by atoms with Gasteiger partial charge in [-0.3, -0.25) is 24.0 Å². The van der Waals surface area contributed by atoms with Crippen molar-refractivity contribution < 1.29 is 9.59 Å². The lowest BCUT2D eigenvalue weighted by molar-refractivity contribution is -0.124. The van der Waals surface area contributed by atoms with Crippen molar-refractivity contribution in [3.05, 3.63) is 83.1 Å². The highest BCUT2D eigenvalue weighted by Crippen LogP contribution is 2.37. The molecular formula is C24H20ClN5O2. The van der Waals surface area contributed by atoms with Crippen molar-refractivity contribution in [1.82, 2.24) is 14.5 Å². The van der Waals surface area contributed by atoms with E-state index in [9.17, 15) is 9.59 Å². The summed E-state index contributed by atoms with van der Waals surface area (Å²) in [6.45, 7) is 2.21. The molecule has 8 heteroatoms. The number of hydrogen-bond acceptors (Lipinski definition) is 4. The molecule has 1 atom stereocenters. The highest BCUT2D eigenvalue weighted by atomic mass is 35.5. The van der Waals surface area contributed by atoms with Crippen LogP contribution in [0.4, 0.5) is 11.6 Å². The van der Waals surface area contributed by atoms with Crippen LogP contribution in [0, 0.1) is 6.92 Å². The summed E-state index contributed by atoms with van der Waals surface area (Å²) in [6.07, 6.45) is 1.66. The average molecular weight is 446 g/mol. The van der Waals surface area contributed by atoms with Crippen LogP contribution in [0.3, 0.4) is 0 Å². The quantitative estimate of drug-likeness (QED) is 0.490. The Kier molecular flexibility index (Phi) is 5.11. The second-order valence-corrected chi connectivity index (χ2v) is 8.17. The molecule has 32 heavy (non-hydrogen) atoms. The topological polar surface area (TPSA) is 80.1 Å². The van der Waals surface area contributed by atoms with Crippen molar-refractivity contribution in [2.45, 2.75) is 25.9 Å². The number of nitrogens with zero attached hydrogens (tertiary/aromatic N) is 4. The van der Waals surface area contributed by atoms with Crippen LogP contribution in [0.15, 0.2) is 66.9 Å². The summed E-state index contributed by atoms with van der Waals surface area (Å²) in [5.74, 6) is 0.0413. The molecule has 0 spiro atoms. The monoisotopic (exact) mass is 445 g/mol. The van der Waals surface area contributed by atoms with E-state index in [-0.39, 0.29) is 24.8 Å². The van der Waals surface area contributed by atoms with Gasteiger partial charge in [0, 0.05) is 6.20 Å². The van der Waals surface area contributed by atoms with Crippen molar-refractivity contribution in [1.29, 1.82) is 0 Å². The smallest absolute Gasteiger partial charge is 0.253 e. The van der Waals surface area contributed by atoms with E-state index in [0.29, 0.717) is 16.7 Å². The molecule has 0 fully saturated rings. The van der Waals surface area contributed by atoms with E-state index in [1.165, 1.54) is 0 Å². The van der Waals surface area contributed by atoms with E-state index < -0.39 is 6.04 Å². The number of aryl methyl sites for hydroxylation is 1. The Morgan fingerprint density at radius 2 is 1.94 bits per heavy atom. The molecule has 0 bridgehead atoms. The normalized spacial score (nSPS) is 15.2. The second kappa shape index (κ2) is 8.09. The van der Waals surface area contributed by atoms with Crippen LogP contribution in [0.5, 0.6) is 0 Å². The van der Waals surface area contributed by atoms with Crippen LogP contribution in [-0.2, 0) is 16.1 Å². The first kappa shape index (κ1) is 20.2. The molecule has 0 radical (unpaired) electrons. The molecule has 160 valence electrons. The molecule has 1 N–H and O–H groups in total. The summed E-state index contributed by atoms with van der Waals surface area (Å²) in [4.78, 5) is 36.9. The molecular weight excluding hydrogens is 426 g/mol. The number of benzene rings is 2. The maximum Gasteiger partial charge on any atom is 0.253 e. The van der Waals surface area contributed by atoms with Gasteiger partial charge in [-0.05, 0) is 48.9 Å². The van der Waals surface area contributed by atoms with Crippen LogP contribution in [0.2, 0.25) is 5.02 Å². The van der Waals surface area contributed by atoms with E-state index in [0.717, 1.165) is 22.3 Å². The molecule has 2 aromatic carbocycles. The molecule has 0 unspecified atom stereocenters. The molecule has 4 aromatic rings. The molecule has 0 saturated carbocycles. The van der Waals surface area contributed by atoms with Crippen molar-refractivity contribution in [2.75, 3.05) is 10.2 Å². The average Bonchev–Trinajstić information content (AvgIpc) is 3.27. The lowest BCUT2D eigenvalue weighted by Crippen LogP contribution is -2.31. The third-order valence-corrected chi connectivity index (χ3v) is 5.82. The Morgan fingerprint density at radius 1 is 1.12 bits per heavy atom. The number of nitrogens with one attached hydrogen (secondary N) is 1. The summed E-state index contributed by atoms with van der Waals surface area (Å²) in [6, 6.07) is 17.9. The van der Waals surface area contributed by atoms with Gasteiger partial charge in [0.1, 0.15) is 6.04 Å². The molecule has 2 aromatic heterocycles. The van der Waals surface area contributed by atoms with E-state index >= 15 is 0 Å². The molecule has 2 amide bonds. The minimum Gasteiger partial charge on any atom is -0.325 e. The first-order valence-corrected chi connectivity index (χ1v) is 10.6. The van der Waals surface area contributed by atoms with Crippen molar-refractivity contribution in [3.8, 4) is 0 Å². The fourth-order valence-electron chi connectivity index (χ4n) is 4.00. The number of halogens is 1. The molecule has 1 aliphatic rings. The Hall–Kier alpha value is -3.71. The Morgan fingerprint density at radius 3 is 2.72 bits per heavy atom. The number of amides is 2. The zero-order chi connectivity index (χ0) is 22.2. The number of carbonyl (C=O) groups excluding carboxylic acids is 2. The van der Waals surface area contributed by atoms with E-state index in [4.69, 9.17) is 11.6 Å². The van der Waals surface area contributed by atoms with Crippen molar-refractivity contribution in [3.63, 3.8) is 0 Å².